The second-order valence-electron chi connectivity index (χ2n) is 16.9. The number of rotatable bonds is 42. The average molecular weight is 861 g/mol. The van der Waals surface area contributed by atoms with Gasteiger partial charge in [0.15, 0.2) is 6.29 Å². The predicted octanol–water partition coefficient (Wildman–Crippen LogP) is 11.9. The largest absolute Gasteiger partial charge is 0.457 e. The lowest BCUT2D eigenvalue weighted by Crippen LogP contribution is -2.59. The summed E-state index contributed by atoms with van der Waals surface area (Å²) in [7, 11) is 0. The molecule has 1 fully saturated rings. The third-order valence-electron chi connectivity index (χ3n) is 11.2. The number of hydrogen-bond acceptors (Lipinski definition) is 9. The number of aliphatic hydroxyl groups excluding tert-OH is 4. The van der Waals surface area contributed by atoms with Crippen LogP contribution in [-0.4, -0.2) is 89.6 Å². The SMILES string of the molecule is CC/C=C\C/C=C\C/C=C\C/C=C\CCCCCCCCCCCCCOCC(COC1OC(CO)C(O)C(O)C1O)OC(=O)CCCCCCC/C=C\CCCCCCC. The van der Waals surface area contributed by atoms with E-state index >= 15 is 0 Å². The first kappa shape index (κ1) is 56.9. The summed E-state index contributed by atoms with van der Waals surface area (Å²) in [6.07, 6.45) is 48.2. The van der Waals surface area contributed by atoms with Crippen molar-refractivity contribution in [3.05, 3.63) is 60.8 Å². The Morgan fingerprint density at radius 3 is 1.52 bits per heavy atom. The van der Waals surface area contributed by atoms with E-state index in [9.17, 15) is 25.2 Å². The van der Waals surface area contributed by atoms with Crippen molar-refractivity contribution in [2.24, 2.45) is 0 Å². The normalized spacial score (nSPS) is 20.4. The predicted molar refractivity (Wildman–Crippen MR) is 251 cm³/mol. The van der Waals surface area contributed by atoms with Crippen LogP contribution >= 0.6 is 0 Å². The Balaban J connectivity index is 2.20. The van der Waals surface area contributed by atoms with Gasteiger partial charge in [0.25, 0.3) is 0 Å². The van der Waals surface area contributed by atoms with E-state index in [0.717, 1.165) is 70.6 Å². The molecule has 6 unspecified atom stereocenters. The smallest absolute Gasteiger partial charge is 0.306 e. The maximum absolute atomic E-state index is 12.8. The zero-order valence-corrected chi connectivity index (χ0v) is 38.9. The van der Waals surface area contributed by atoms with Gasteiger partial charge in [-0.15, -0.1) is 0 Å². The van der Waals surface area contributed by atoms with Crippen molar-refractivity contribution < 1.29 is 44.2 Å². The summed E-state index contributed by atoms with van der Waals surface area (Å²) in [6.45, 7) is 4.42. The molecule has 354 valence electrons. The molecule has 0 bridgehead atoms. The van der Waals surface area contributed by atoms with Crippen LogP contribution in [0.15, 0.2) is 60.8 Å². The molecule has 9 heteroatoms. The molecule has 0 amide bonds. The number of carbonyl (C=O) groups excluding carboxylic acids is 1. The first-order valence-electron chi connectivity index (χ1n) is 24.9. The Labute approximate surface area is 373 Å². The number of aliphatic hydroxyl groups is 4. The van der Waals surface area contributed by atoms with Crippen molar-refractivity contribution in [2.45, 2.75) is 237 Å². The van der Waals surface area contributed by atoms with Gasteiger partial charge in [0.2, 0.25) is 0 Å². The highest BCUT2D eigenvalue weighted by molar-refractivity contribution is 5.69. The first-order chi connectivity index (χ1) is 29.9. The van der Waals surface area contributed by atoms with Crippen molar-refractivity contribution in [3.63, 3.8) is 0 Å². The Hall–Kier alpha value is -2.11. The minimum atomic E-state index is -1.54. The highest BCUT2D eigenvalue weighted by Gasteiger charge is 2.44. The van der Waals surface area contributed by atoms with Crippen LogP contribution in [0.5, 0.6) is 0 Å². The van der Waals surface area contributed by atoms with Crippen LogP contribution in [0.4, 0.5) is 0 Å². The van der Waals surface area contributed by atoms with Gasteiger partial charge in [0, 0.05) is 13.0 Å². The third kappa shape index (κ3) is 34.0. The second-order valence-corrected chi connectivity index (χ2v) is 16.9. The van der Waals surface area contributed by atoms with E-state index < -0.39 is 43.4 Å². The molecule has 1 rings (SSSR count). The molecule has 0 aromatic heterocycles. The van der Waals surface area contributed by atoms with E-state index in [0.29, 0.717) is 13.0 Å². The third-order valence-corrected chi connectivity index (χ3v) is 11.2. The van der Waals surface area contributed by atoms with Crippen LogP contribution in [0.2, 0.25) is 0 Å². The summed E-state index contributed by atoms with van der Waals surface area (Å²) in [6, 6.07) is 0. The molecule has 0 aromatic carbocycles. The van der Waals surface area contributed by atoms with Crippen molar-refractivity contribution in [2.75, 3.05) is 26.4 Å². The highest BCUT2D eigenvalue weighted by atomic mass is 16.7. The Morgan fingerprint density at radius 2 is 1.00 bits per heavy atom. The van der Waals surface area contributed by atoms with E-state index in [4.69, 9.17) is 18.9 Å². The van der Waals surface area contributed by atoms with Crippen molar-refractivity contribution in [3.8, 4) is 0 Å². The first-order valence-corrected chi connectivity index (χ1v) is 24.9. The van der Waals surface area contributed by atoms with Gasteiger partial charge in [-0.3, -0.25) is 4.79 Å². The standard InChI is InChI=1S/C52H92O9/c1-3-5-7-9-11-13-15-17-19-20-21-22-23-24-25-26-27-28-30-32-34-36-38-40-42-58-44-46(45-59-52-51(57)50(56)49(55)47(43-53)61-52)60-48(54)41-39-37-35-33-31-29-18-16-14-12-10-8-6-4-2/h5,7,11,13,16-19,21-22,46-47,49-53,55-57H,3-4,6,8-10,12,14-15,20,23-45H2,1-2H3/b7-5-,13-11-,18-16-,19-17-,22-21-. The Kier molecular flexibility index (Phi) is 40.3. The van der Waals surface area contributed by atoms with Gasteiger partial charge < -0.3 is 39.4 Å². The van der Waals surface area contributed by atoms with Gasteiger partial charge >= 0.3 is 5.97 Å². The highest BCUT2D eigenvalue weighted by Crippen LogP contribution is 2.23. The Morgan fingerprint density at radius 1 is 0.541 bits per heavy atom. The van der Waals surface area contributed by atoms with Gasteiger partial charge in [-0.05, 0) is 77.0 Å². The van der Waals surface area contributed by atoms with Gasteiger partial charge in [-0.25, -0.2) is 0 Å². The molecule has 6 atom stereocenters. The van der Waals surface area contributed by atoms with Crippen molar-refractivity contribution in [1.29, 1.82) is 0 Å². The summed E-state index contributed by atoms with van der Waals surface area (Å²) in [4.78, 5) is 12.8. The molecule has 4 N–H and O–H groups in total. The molecule has 0 aliphatic carbocycles. The molecular formula is C52H92O9. The summed E-state index contributed by atoms with van der Waals surface area (Å²) in [5.74, 6) is -0.324. The van der Waals surface area contributed by atoms with E-state index in [-0.39, 0.29) is 19.2 Å². The number of esters is 1. The number of unbranched alkanes of at least 4 members (excludes halogenated alkanes) is 21. The van der Waals surface area contributed by atoms with Crippen LogP contribution in [0, 0.1) is 0 Å². The molecule has 1 aliphatic heterocycles. The molecule has 1 heterocycles. The lowest BCUT2D eigenvalue weighted by molar-refractivity contribution is -0.305. The molecule has 1 aliphatic rings. The minimum Gasteiger partial charge on any atom is -0.457 e. The molecule has 1 saturated heterocycles. The summed E-state index contributed by atoms with van der Waals surface area (Å²) in [5.41, 5.74) is 0. The van der Waals surface area contributed by atoms with Crippen LogP contribution < -0.4 is 0 Å². The van der Waals surface area contributed by atoms with Gasteiger partial charge in [-0.2, -0.15) is 0 Å². The fraction of sp³-hybridized carbons (Fsp3) is 0.788. The van der Waals surface area contributed by atoms with E-state index in [1.54, 1.807) is 0 Å². The van der Waals surface area contributed by atoms with Crippen molar-refractivity contribution >= 4 is 5.97 Å². The summed E-state index contributed by atoms with van der Waals surface area (Å²) >= 11 is 0. The minimum absolute atomic E-state index is 0.119. The van der Waals surface area contributed by atoms with E-state index in [1.807, 2.05) is 0 Å². The number of hydrogen-bond donors (Lipinski definition) is 4. The van der Waals surface area contributed by atoms with E-state index in [1.165, 1.54) is 109 Å². The fourth-order valence-electron chi connectivity index (χ4n) is 7.30. The van der Waals surface area contributed by atoms with Crippen LogP contribution in [-0.2, 0) is 23.7 Å². The molecule has 61 heavy (non-hydrogen) atoms. The van der Waals surface area contributed by atoms with E-state index in [2.05, 4.69) is 74.6 Å². The number of ether oxygens (including phenoxy) is 4. The van der Waals surface area contributed by atoms with Crippen LogP contribution in [0.25, 0.3) is 0 Å². The maximum Gasteiger partial charge on any atom is 0.306 e. The maximum atomic E-state index is 12.8. The lowest BCUT2D eigenvalue weighted by atomic mass is 9.99. The molecule has 0 radical (unpaired) electrons. The molecular weight excluding hydrogens is 769 g/mol. The van der Waals surface area contributed by atoms with Crippen molar-refractivity contribution in [1.82, 2.24) is 0 Å². The topological polar surface area (TPSA) is 135 Å². The monoisotopic (exact) mass is 861 g/mol. The second kappa shape index (κ2) is 43.2. The Bertz CT molecular complexity index is 1120. The summed E-state index contributed by atoms with van der Waals surface area (Å²) < 4.78 is 22.9. The summed E-state index contributed by atoms with van der Waals surface area (Å²) in [5, 5.41) is 40.2. The zero-order chi connectivity index (χ0) is 44.3. The quantitative estimate of drug-likeness (QED) is 0.0269. The lowest BCUT2D eigenvalue weighted by Gasteiger charge is -2.39. The molecule has 9 nitrogen and oxygen atoms in total. The van der Waals surface area contributed by atoms with Crippen LogP contribution in [0.1, 0.15) is 200 Å². The zero-order valence-electron chi connectivity index (χ0n) is 38.9. The average Bonchev–Trinajstić information content (AvgIpc) is 3.26. The number of allylic oxidation sites excluding steroid dienone is 10. The molecule has 0 aromatic rings. The molecule has 0 saturated carbocycles. The van der Waals surface area contributed by atoms with Crippen LogP contribution in [0.3, 0.4) is 0 Å². The number of carbonyl (C=O) groups is 1. The molecule has 0 spiro atoms. The van der Waals surface area contributed by atoms with Gasteiger partial charge in [-0.1, -0.05) is 177 Å². The fourth-order valence-corrected chi connectivity index (χ4v) is 7.30. The van der Waals surface area contributed by atoms with Gasteiger partial charge in [0.1, 0.15) is 30.5 Å². The van der Waals surface area contributed by atoms with Gasteiger partial charge in [0.05, 0.1) is 19.8 Å².